The Hall–Kier alpha value is 0.619. The van der Waals surface area contributed by atoms with E-state index in [2.05, 4.69) is 78.8 Å². The number of benzene rings is 1. The Morgan fingerprint density at radius 2 is 1.33 bits per heavy atom. The summed E-state index contributed by atoms with van der Waals surface area (Å²) in [6.07, 6.45) is 8.84. The van der Waals surface area contributed by atoms with E-state index >= 15 is 0 Å². The first-order valence-electron chi connectivity index (χ1n) is 12.4. The van der Waals surface area contributed by atoms with E-state index in [0.29, 0.717) is 5.82 Å². The van der Waals surface area contributed by atoms with Crippen molar-refractivity contribution in [2.24, 2.45) is 0 Å². The molecule has 0 nitrogen and oxygen atoms in total. The molecule has 1 atom stereocenters. The summed E-state index contributed by atoms with van der Waals surface area (Å²) in [5.74, 6) is 2.52. The molecule has 2 bridgehead atoms. The van der Waals surface area contributed by atoms with Crippen molar-refractivity contribution in [2.75, 3.05) is 0 Å². The number of rotatable bonds is 6. The quantitative estimate of drug-likeness (QED) is 0.218. The van der Waals surface area contributed by atoms with E-state index in [-0.39, 0.29) is 0 Å². The van der Waals surface area contributed by atoms with Crippen LogP contribution >= 0.6 is 0 Å². The SMILES string of the molecule is C[Si](C)C(=C=[C]([Sn]([CH3])([CH3])[CH3])[Sn]([CH3])([CH3])[CH3])[C@H](B1C2CCCC1CCC2)c1ccccc1. The molecule has 0 N–H and O–H groups in total. The molecule has 0 unspecified atom stereocenters. The number of fused-ring (bicyclic) bond motifs is 2. The van der Waals surface area contributed by atoms with Crippen molar-refractivity contribution in [1.82, 2.24) is 0 Å². The summed E-state index contributed by atoms with van der Waals surface area (Å²) in [6, 6.07) is 11.7. The van der Waals surface area contributed by atoms with Crippen LogP contribution in [0.4, 0.5) is 0 Å². The number of hydrogen-bond acceptors (Lipinski definition) is 0. The van der Waals surface area contributed by atoms with Gasteiger partial charge in [-0.1, -0.05) is 0 Å². The molecule has 2 aliphatic rings. The molecule has 2 fully saturated rings. The van der Waals surface area contributed by atoms with Gasteiger partial charge in [0.25, 0.3) is 0 Å². The van der Waals surface area contributed by atoms with Crippen LogP contribution in [-0.4, -0.2) is 52.3 Å². The summed E-state index contributed by atoms with van der Waals surface area (Å²) in [7, 11) is -0.560. The molecule has 0 saturated carbocycles. The summed E-state index contributed by atoms with van der Waals surface area (Å²) in [6.45, 7) is 5.97. The average molecular weight is 633 g/mol. The van der Waals surface area contributed by atoms with Crippen LogP contribution in [-0.2, 0) is 0 Å². The molecular weight excluding hydrogens is 589 g/mol. The Morgan fingerprint density at radius 3 is 1.73 bits per heavy atom. The fraction of sp³-hybridized carbons (Fsp3) is 0.654. The predicted molar refractivity (Wildman–Crippen MR) is 145 cm³/mol. The normalized spacial score (nSPS) is 23.2. The molecule has 0 aromatic heterocycles. The first kappa shape index (κ1) is 25.2. The van der Waals surface area contributed by atoms with Gasteiger partial charge < -0.3 is 0 Å². The minimum atomic E-state index is -2.18. The van der Waals surface area contributed by atoms with Gasteiger partial charge in [-0.3, -0.25) is 0 Å². The molecule has 3 rings (SSSR count). The monoisotopic (exact) mass is 635 g/mol. The van der Waals surface area contributed by atoms with E-state index in [4.69, 9.17) is 0 Å². The third kappa shape index (κ3) is 5.94. The van der Waals surface area contributed by atoms with Crippen LogP contribution in [0.25, 0.3) is 0 Å². The topological polar surface area (TPSA) is 0 Å². The van der Waals surface area contributed by atoms with Gasteiger partial charge in [-0.2, -0.15) is 0 Å². The van der Waals surface area contributed by atoms with Gasteiger partial charge in [0.1, 0.15) is 0 Å². The Kier molecular flexibility index (Phi) is 8.64. The van der Waals surface area contributed by atoms with Crippen LogP contribution < -0.4 is 0 Å². The van der Waals surface area contributed by atoms with Gasteiger partial charge in [-0.05, 0) is 0 Å². The van der Waals surface area contributed by atoms with Crippen molar-refractivity contribution in [3.05, 3.63) is 48.4 Å². The first-order valence-corrected chi connectivity index (χ1v) is 34.8. The van der Waals surface area contributed by atoms with Gasteiger partial charge in [-0.15, -0.1) is 0 Å². The van der Waals surface area contributed by atoms with Crippen molar-refractivity contribution >= 4 is 52.3 Å². The Morgan fingerprint density at radius 1 is 0.867 bits per heavy atom. The predicted octanol–water partition coefficient (Wildman–Crippen LogP) is 8.41. The molecule has 1 aromatic carbocycles. The summed E-state index contributed by atoms with van der Waals surface area (Å²) in [5, 5.41) is 1.77. The maximum absolute atomic E-state index is 4.38. The van der Waals surface area contributed by atoms with Crippen molar-refractivity contribution in [3.8, 4) is 0 Å². The second-order valence-corrected chi connectivity index (χ2v) is 47.4. The zero-order valence-corrected chi connectivity index (χ0v) is 27.6. The Bertz CT molecular complexity index is 743. The van der Waals surface area contributed by atoms with Crippen molar-refractivity contribution in [3.63, 3.8) is 0 Å². The Balaban J connectivity index is 2.26. The van der Waals surface area contributed by atoms with Gasteiger partial charge in [0.2, 0.25) is 0 Å². The van der Waals surface area contributed by atoms with Gasteiger partial charge in [0.15, 0.2) is 0 Å². The van der Waals surface area contributed by atoms with Crippen LogP contribution in [0.15, 0.2) is 42.9 Å². The molecule has 2 heterocycles. The maximum atomic E-state index is 4.38. The van der Waals surface area contributed by atoms with Gasteiger partial charge >= 0.3 is 199 Å². The van der Waals surface area contributed by atoms with Crippen LogP contribution in [0.1, 0.15) is 49.9 Å². The molecule has 0 aliphatic carbocycles. The van der Waals surface area contributed by atoms with Crippen molar-refractivity contribution < 1.29 is 0 Å². The number of allylic oxidation sites excluding steroid dienone is 1. The molecule has 4 heteroatoms. The van der Waals surface area contributed by atoms with E-state index in [9.17, 15) is 0 Å². The standard InChI is InChI=1S/C20H26BSi.6CH3.2Sn/c1-4-19(22(2)3)20(16-10-6-5-7-11-16)21-17-12-8-13-18(21)15-9-14-17;;;;;;;;/h5-7,10-11,17-18,20H,8-9,12-15H2,2-3H3;6*1H3;;/t17?,18?,20-;;;;;;;;/m1......../s1. The first-order chi connectivity index (χ1) is 14.0. The average Bonchev–Trinajstić information content (AvgIpc) is 2.63. The van der Waals surface area contributed by atoms with E-state index in [1.165, 1.54) is 38.5 Å². The van der Waals surface area contributed by atoms with Gasteiger partial charge in [0, 0.05) is 0 Å². The molecule has 163 valence electrons. The molecule has 2 aliphatic heterocycles. The molecule has 0 amide bonds. The van der Waals surface area contributed by atoms with E-state index in [1.54, 1.807) is 10.8 Å². The Labute approximate surface area is 197 Å². The van der Waals surface area contributed by atoms with Crippen LogP contribution in [0, 0.1) is 0 Å². The second-order valence-electron chi connectivity index (χ2n) is 12.3. The van der Waals surface area contributed by atoms with Crippen LogP contribution in [0.3, 0.4) is 0 Å². The van der Waals surface area contributed by atoms with Gasteiger partial charge in [0.05, 0.1) is 0 Å². The van der Waals surface area contributed by atoms with Crippen LogP contribution in [0.2, 0.25) is 54.4 Å². The van der Waals surface area contributed by atoms with Gasteiger partial charge in [-0.25, -0.2) is 0 Å². The molecule has 0 spiro atoms. The molecule has 1 radical (unpaired) electrons. The van der Waals surface area contributed by atoms with E-state index in [0.717, 1.165) is 18.3 Å². The minimum absolute atomic E-state index is 0.560. The molecule has 2 saturated heterocycles. The van der Waals surface area contributed by atoms with E-state index in [1.807, 2.05) is 1.60 Å². The fourth-order valence-corrected chi connectivity index (χ4v) is 61.1. The van der Waals surface area contributed by atoms with Crippen LogP contribution in [0.5, 0.6) is 0 Å². The molecule has 1 aromatic rings. The molecular formula is C26H44BSiSn2. The second kappa shape index (κ2) is 10.3. The molecule has 30 heavy (non-hydrogen) atoms. The summed E-state index contributed by atoms with van der Waals surface area (Å²) in [5.41, 5.74) is 5.98. The summed E-state index contributed by atoms with van der Waals surface area (Å²) >= 11 is -4.36. The fourth-order valence-electron chi connectivity index (χ4n) is 6.66. The van der Waals surface area contributed by atoms with E-state index < -0.39 is 45.6 Å². The third-order valence-electron chi connectivity index (χ3n) is 7.54. The van der Waals surface area contributed by atoms with Crippen molar-refractivity contribution in [2.45, 2.75) is 98.7 Å². The number of hydrogen-bond donors (Lipinski definition) is 0. The summed E-state index contributed by atoms with van der Waals surface area (Å²) < 4.78 is 1.92. The zero-order chi connectivity index (χ0) is 22.1. The zero-order valence-electron chi connectivity index (χ0n) is 20.9. The summed E-state index contributed by atoms with van der Waals surface area (Å²) in [4.78, 5) is 15.8. The van der Waals surface area contributed by atoms with Crippen molar-refractivity contribution in [1.29, 1.82) is 0 Å². The third-order valence-corrected chi connectivity index (χ3v) is 47.0.